The van der Waals surface area contributed by atoms with E-state index in [1.54, 1.807) is 25.1 Å². The van der Waals surface area contributed by atoms with Crippen LogP contribution in [0.1, 0.15) is 49.9 Å². The number of aliphatic carboxylic acids is 1. The monoisotopic (exact) mass is 354 g/mol. The van der Waals surface area contributed by atoms with Crippen LogP contribution < -0.4 is 10.9 Å². The molecule has 0 aliphatic rings. The maximum Gasteiger partial charge on any atom is 0.306 e. The SMILES string of the molecule is CCCC[C@@H](C(=O)O)[C@@H](C)CC(=O)NNC(=O)c1ccccc1Cl. The second-order valence-corrected chi connectivity index (χ2v) is 6.16. The molecule has 0 aliphatic heterocycles. The number of hydrogen-bond donors (Lipinski definition) is 3. The first-order valence-electron chi connectivity index (χ1n) is 7.93. The first-order chi connectivity index (χ1) is 11.4. The van der Waals surface area contributed by atoms with Crippen molar-refractivity contribution in [3.05, 3.63) is 34.9 Å². The smallest absolute Gasteiger partial charge is 0.306 e. The van der Waals surface area contributed by atoms with Crippen LogP contribution in [0.4, 0.5) is 0 Å². The Hall–Kier alpha value is -2.08. The van der Waals surface area contributed by atoms with Gasteiger partial charge in [-0.25, -0.2) is 0 Å². The van der Waals surface area contributed by atoms with Gasteiger partial charge in [-0.1, -0.05) is 50.4 Å². The molecule has 0 saturated heterocycles. The van der Waals surface area contributed by atoms with Crippen molar-refractivity contribution in [1.82, 2.24) is 10.9 Å². The third-order valence-electron chi connectivity index (χ3n) is 3.81. The number of hydrogen-bond acceptors (Lipinski definition) is 3. The van der Waals surface area contributed by atoms with E-state index in [4.69, 9.17) is 11.6 Å². The number of carboxylic acid groups (broad SMARTS) is 1. The fraction of sp³-hybridized carbons (Fsp3) is 0.471. The fourth-order valence-electron chi connectivity index (χ4n) is 2.40. The molecule has 0 aromatic heterocycles. The van der Waals surface area contributed by atoms with Gasteiger partial charge in [-0.15, -0.1) is 0 Å². The second-order valence-electron chi connectivity index (χ2n) is 5.75. The van der Waals surface area contributed by atoms with Gasteiger partial charge in [0.1, 0.15) is 0 Å². The Balaban J connectivity index is 2.51. The lowest BCUT2D eigenvalue weighted by atomic mass is 9.87. The number of nitrogens with one attached hydrogen (secondary N) is 2. The summed E-state index contributed by atoms with van der Waals surface area (Å²) in [5.41, 5.74) is 4.83. The molecule has 1 aromatic rings. The summed E-state index contributed by atoms with van der Waals surface area (Å²) in [4.78, 5) is 35.2. The molecule has 0 unspecified atom stereocenters. The first kappa shape index (κ1) is 20.0. The van der Waals surface area contributed by atoms with E-state index in [-0.39, 0.29) is 22.9 Å². The van der Waals surface area contributed by atoms with E-state index >= 15 is 0 Å². The maximum atomic E-state index is 11.9. The lowest BCUT2D eigenvalue weighted by molar-refractivity contribution is -0.144. The Kier molecular flexibility index (Phi) is 8.26. The zero-order chi connectivity index (χ0) is 18.1. The standard InChI is InChI=1S/C17H23ClN2O4/c1-3-4-7-12(17(23)24)11(2)10-15(21)19-20-16(22)13-8-5-6-9-14(13)18/h5-6,8-9,11-12H,3-4,7,10H2,1-2H3,(H,19,21)(H,20,22)(H,23,24)/t11-,12+/m0/s1. The van der Waals surface area contributed by atoms with Gasteiger partial charge in [0.25, 0.3) is 5.91 Å². The van der Waals surface area contributed by atoms with Crippen LogP contribution in [0.5, 0.6) is 0 Å². The molecule has 0 heterocycles. The quantitative estimate of drug-likeness (QED) is 0.625. The highest BCUT2D eigenvalue weighted by Crippen LogP contribution is 2.22. The molecule has 2 amide bonds. The Labute approximate surface area is 146 Å². The zero-order valence-corrected chi connectivity index (χ0v) is 14.6. The van der Waals surface area contributed by atoms with Gasteiger partial charge < -0.3 is 5.11 Å². The molecule has 24 heavy (non-hydrogen) atoms. The third-order valence-corrected chi connectivity index (χ3v) is 4.14. The van der Waals surface area contributed by atoms with E-state index in [0.29, 0.717) is 6.42 Å². The molecule has 0 bridgehead atoms. The lowest BCUT2D eigenvalue weighted by Crippen LogP contribution is -2.42. The van der Waals surface area contributed by atoms with Gasteiger partial charge in [0.2, 0.25) is 5.91 Å². The summed E-state index contributed by atoms with van der Waals surface area (Å²) < 4.78 is 0. The number of amides is 2. The molecule has 7 heteroatoms. The number of carbonyl (C=O) groups excluding carboxylic acids is 2. The highest BCUT2D eigenvalue weighted by molar-refractivity contribution is 6.33. The van der Waals surface area contributed by atoms with Crippen LogP contribution in [0.25, 0.3) is 0 Å². The average molecular weight is 355 g/mol. The van der Waals surface area contributed by atoms with Gasteiger partial charge in [0, 0.05) is 6.42 Å². The van der Waals surface area contributed by atoms with Crippen molar-refractivity contribution in [1.29, 1.82) is 0 Å². The fourth-order valence-corrected chi connectivity index (χ4v) is 2.62. The molecular weight excluding hydrogens is 332 g/mol. The van der Waals surface area contributed by atoms with E-state index in [1.807, 2.05) is 6.92 Å². The predicted octanol–water partition coefficient (Wildman–Crippen LogP) is 3.02. The Morgan fingerprint density at radius 1 is 1.21 bits per heavy atom. The number of halogens is 1. The summed E-state index contributed by atoms with van der Waals surface area (Å²) >= 11 is 5.90. The second kappa shape index (κ2) is 9.93. The van der Waals surface area contributed by atoms with Crippen molar-refractivity contribution in [3.8, 4) is 0 Å². The minimum absolute atomic E-state index is 0.0173. The van der Waals surface area contributed by atoms with Crippen molar-refractivity contribution >= 4 is 29.4 Å². The lowest BCUT2D eigenvalue weighted by Gasteiger charge is -2.19. The highest BCUT2D eigenvalue weighted by atomic mass is 35.5. The number of unbranched alkanes of at least 4 members (excludes halogenated alkanes) is 1. The van der Waals surface area contributed by atoms with Gasteiger partial charge in [-0.3, -0.25) is 25.2 Å². The van der Waals surface area contributed by atoms with E-state index < -0.39 is 23.7 Å². The number of benzene rings is 1. The van der Waals surface area contributed by atoms with Crippen LogP contribution in [0, 0.1) is 11.8 Å². The van der Waals surface area contributed by atoms with Crippen molar-refractivity contribution in [2.75, 3.05) is 0 Å². The Bertz CT molecular complexity index is 592. The first-order valence-corrected chi connectivity index (χ1v) is 8.31. The van der Waals surface area contributed by atoms with E-state index in [2.05, 4.69) is 10.9 Å². The van der Waals surface area contributed by atoms with E-state index in [0.717, 1.165) is 12.8 Å². The number of hydrazine groups is 1. The summed E-state index contributed by atoms with van der Waals surface area (Å²) in [6.45, 7) is 3.71. The van der Waals surface area contributed by atoms with E-state index in [9.17, 15) is 19.5 Å². The molecule has 1 aromatic carbocycles. The third kappa shape index (κ3) is 6.20. The van der Waals surface area contributed by atoms with Gasteiger partial charge in [-0.2, -0.15) is 0 Å². The normalized spacial score (nSPS) is 13.0. The molecule has 3 N–H and O–H groups in total. The average Bonchev–Trinajstić information content (AvgIpc) is 2.53. The molecule has 0 aliphatic carbocycles. The Morgan fingerprint density at radius 2 is 1.88 bits per heavy atom. The van der Waals surface area contributed by atoms with Gasteiger partial charge >= 0.3 is 5.97 Å². The van der Waals surface area contributed by atoms with Gasteiger partial charge in [0.05, 0.1) is 16.5 Å². The summed E-state index contributed by atoms with van der Waals surface area (Å²) in [6, 6.07) is 6.47. The number of rotatable bonds is 8. The summed E-state index contributed by atoms with van der Waals surface area (Å²) in [6.07, 6.45) is 2.25. The van der Waals surface area contributed by atoms with Crippen LogP contribution in [-0.2, 0) is 9.59 Å². The molecule has 132 valence electrons. The zero-order valence-electron chi connectivity index (χ0n) is 13.8. The minimum atomic E-state index is -0.899. The maximum absolute atomic E-state index is 11.9. The van der Waals surface area contributed by atoms with Crippen molar-refractivity contribution in [2.45, 2.75) is 39.5 Å². The van der Waals surface area contributed by atoms with Crippen molar-refractivity contribution in [2.24, 2.45) is 11.8 Å². The topological polar surface area (TPSA) is 95.5 Å². The molecule has 0 radical (unpaired) electrons. The number of carbonyl (C=O) groups is 3. The van der Waals surface area contributed by atoms with Crippen molar-refractivity contribution in [3.63, 3.8) is 0 Å². The molecular formula is C17H23ClN2O4. The van der Waals surface area contributed by atoms with Crippen molar-refractivity contribution < 1.29 is 19.5 Å². The number of carboxylic acids is 1. The molecule has 0 spiro atoms. The van der Waals surface area contributed by atoms with Gasteiger partial charge in [-0.05, 0) is 24.5 Å². The molecule has 2 atom stereocenters. The predicted molar refractivity (Wildman–Crippen MR) is 91.5 cm³/mol. The minimum Gasteiger partial charge on any atom is -0.481 e. The van der Waals surface area contributed by atoms with E-state index in [1.165, 1.54) is 6.07 Å². The van der Waals surface area contributed by atoms with Crippen LogP contribution >= 0.6 is 11.6 Å². The largest absolute Gasteiger partial charge is 0.481 e. The summed E-state index contributed by atoms with van der Waals surface area (Å²) in [5.74, 6) is -2.77. The van der Waals surface area contributed by atoms with Crippen LogP contribution in [0.3, 0.4) is 0 Å². The van der Waals surface area contributed by atoms with Crippen LogP contribution in [-0.4, -0.2) is 22.9 Å². The van der Waals surface area contributed by atoms with Crippen LogP contribution in [0.2, 0.25) is 5.02 Å². The molecule has 0 saturated carbocycles. The summed E-state index contributed by atoms with van der Waals surface area (Å²) in [5, 5.41) is 9.55. The summed E-state index contributed by atoms with van der Waals surface area (Å²) in [7, 11) is 0. The molecule has 1 rings (SSSR count). The molecule has 0 fully saturated rings. The Morgan fingerprint density at radius 3 is 2.46 bits per heavy atom. The van der Waals surface area contributed by atoms with Crippen LogP contribution in [0.15, 0.2) is 24.3 Å². The van der Waals surface area contributed by atoms with Gasteiger partial charge in [0.15, 0.2) is 0 Å². The molecule has 6 nitrogen and oxygen atoms in total. The highest BCUT2D eigenvalue weighted by Gasteiger charge is 2.26.